The number of carbonyl (C=O) groups is 2. The number of aromatic nitrogens is 5. The minimum atomic E-state index is -0.228. The Kier molecular flexibility index (Phi) is 5.98. The van der Waals surface area contributed by atoms with Crippen molar-refractivity contribution in [2.45, 2.75) is 27.3 Å². The second-order valence-electron chi connectivity index (χ2n) is 7.58. The van der Waals surface area contributed by atoms with Gasteiger partial charge in [0.05, 0.1) is 22.3 Å². The van der Waals surface area contributed by atoms with Crippen molar-refractivity contribution in [1.29, 1.82) is 0 Å². The highest BCUT2D eigenvalue weighted by Crippen LogP contribution is 2.24. The van der Waals surface area contributed by atoms with Crippen molar-refractivity contribution < 1.29 is 9.59 Å². The molecule has 4 rings (SSSR count). The van der Waals surface area contributed by atoms with E-state index in [1.54, 1.807) is 21.6 Å². The minimum absolute atomic E-state index is 0.148. The number of hydrogen-bond donors (Lipinski definition) is 2. The van der Waals surface area contributed by atoms with Gasteiger partial charge in [-0.3, -0.25) is 14.3 Å². The lowest BCUT2D eigenvalue weighted by Gasteiger charge is -2.10. The maximum Gasteiger partial charge on any atom is 0.252 e. The lowest BCUT2D eigenvalue weighted by molar-refractivity contribution is -0.121. The quantitative estimate of drug-likeness (QED) is 0.436. The summed E-state index contributed by atoms with van der Waals surface area (Å²) >= 11 is 0. The van der Waals surface area contributed by atoms with Gasteiger partial charge in [-0.2, -0.15) is 10.2 Å². The molecular formula is C23H25N7O2. The second-order valence-corrected chi connectivity index (χ2v) is 7.58. The summed E-state index contributed by atoms with van der Waals surface area (Å²) in [5.74, 6) is -0.387. The van der Waals surface area contributed by atoms with Crippen LogP contribution in [0.5, 0.6) is 0 Å². The molecule has 0 saturated carbocycles. The first-order valence-electron chi connectivity index (χ1n) is 10.4. The Morgan fingerprint density at radius 3 is 2.47 bits per heavy atom. The average molecular weight is 432 g/mol. The van der Waals surface area contributed by atoms with E-state index in [0.29, 0.717) is 24.3 Å². The normalized spacial score (nSPS) is 11.0. The smallest absolute Gasteiger partial charge is 0.252 e. The molecule has 2 N–H and O–H groups in total. The van der Waals surface area contributed by atoms with Gasteiger partial charge in [0.25, 0.3) is 5.91 Å². The van der Waals surface area contributed by atoms with E-state index in [1.165, 1.54) is 0 Å². The largest absolute Gasteiger partial charge is 0.353 e. The maximum atomic E-state index is 13.0. The molecule has 1 aromatic carbocycles. The minimum Gasteiger partial charge on any atom is -0.353 e. The van der Waals surface area contributed by atoms with Crippen LogP contribution in [0.1, 0.15) is 27.4 Å². The molecule has 0 fully saturated rings. The first-order valence-corrected chi connectivity index (χ1v) is 10.4. The summed E-state index contributed by atoms with van der Waals surface area (Å²) in [5.41, 5.74) is 4.40. The topological polar surface area (TPSA) is 107 Å². The van der Waals surface area contributed by atoms with E-state index in [9.17, 15) is 9.59 Å². The van der Waals surface area contributed by atoms with Gasteiger partial charge >= 0.3 is 0 Å². The Labute approximate surface area is 185 Å². The Morgan fingerprint density at radius 1 is 1.00 bits per heavy atom. The molecule has 0 aliphatic rings. The van der Waals surface area contributed by atoms with Gasteiger partial charge in [0.15, 0.2) is 5.65 Å². The molecule has 0 saturated heterocycles. The highest BCUT2D eigenvalue weighted by Gasteiger charge is 2.19. The van der Waals surface area contributed by atoms with E-state index >= 15 is 0 Å². The summed E-state index contributed by atoms with van der Waals surface area (Å²) in [6, 6.07) is 13.3. The first kappa shape index (κ1) is 21.2. The van der Waals surface area contributed by atoms with Gasteiger partial charge in [-0.25, -0.2) is 9.67 Å². The number of amides is 2. The van der Waals surface area contributed by atoms with E-state index in [-0.39, 0.29) is 18.4 Å². The molecule has 0 radical (unpaired) electrons. The van der Waals surface area contributed by atoms with Crippen molar-refractivity contribution in [1.82, 2.24) is 35.2 Å². The molecule has 0 bridgehead atoms. The number of nitrogens with one attached hydrogen (secondary N) is 2. The number of hydrogen-bond acceptors (Lipinski definition) is 5. The molecule has 9 nitrogen and oxygen atoms in total. The predicted octanol–water partition coefficient (Wildman–Crippen LogP) is 2.09. The third-order valence-corrected chi connectivity index (χ3v) is 5.14. The molecule has 0 aliphatic carbocycles. The zero-order chi connectivity index (χ0) is 22.7. The number of carbonyl (C=O) groups excluding carboxylic acids is 2. The standard InChI is InChI=1S/C23H25N7O2/c1-15-13-19(21-17(3)28-30(22(21)27-15)18-7-5-4-6-8-18)23(32)25-12-11-24-20(31)14-29-16(2)9-10-26-29/h4-10,13H,11-12,14H2,1-3H3,(H,24,31)(H,25,32). The molecular weight excluding hydrogens is 406 g/mol. The highest BCUT2D eigenvalue weighted by molar-refractivity contribution is 6.06. The maximum absolute atomic E-state index is 13.0. The van der Waals surface area contributed by atoms with Crippen LogP contribution in [-0.2, 0) is 11.3 Å². The lowest BCUT2D eigenvalue weighted by atomic mass is 10.1. The number of rotatable bonds is 7. The fourth-order valence-electron chi connectivity index (χ4n) is 3.57. The molecule has 9 heteroatoms. The van der Waals surface area contributed by atoms with E-state index < -0.39 is 0 Å². The van der Waals surface area contributed by atoms with Crippen LogP contribution in [0.15, 0.2) is 48.7 Å². The number of aryl methyl sites for hydroxylation is 3. The van der Waals surface area contributed by atoms with Crippen LogP contribution in [-0.4, -0.2) is 49.4 Å². The molecule has 0 spiro atoms. The molecule has 3 aromatic heterocycles. The molecule has 4 aromatic rings. The van der Waals surface area contributed by atoms with Crippen LogP contribution in [0.25, 0.3) is 16.7 Å². The number of pyridine rings is 1. The van der Waals surface area contributed by atoms with Gasteiger partial charge in [0, 0.05) is 30.7 Å². The Morgan fingerprint density at radius 2 is 1.75 bits per heavy atom. The Bertz CT molecular complexity index is 1270. The zero-order valence-electron chi connectivity index (χ0n) is 18.3. The van der Waals surface area contributed by atoms with Gasteiger partial charge in [0.2, 0.25) is 5.91 Å². The number of nitrogens with zero attached hydrogens (tertiary/aromatic N) is 5. The van der Waals surface area contributed by atoms with Crippen molar-refractivity contribution in [2.75, 3.05) is 13.1 Å². The average Bonchev–Trinajstić information content (AvgIpc) is 3.33. The van der Waals surface area contributed by atoms with Gasteiger partial charge in [-0.15, -0.1) is 0 Å². The van der Waals surface area contributed by atoms with Gasteiger partial charge in [-0.1, -0.05) is 18.2 Å². The molecule has 32 heavy (non-hydrogen) atoms. The van der Waals surface area contributed by atoms with Gasteiger partial charge < -0.3 is 10.6 Å². The molecule has 164 valence electrons. The van der Waals surface area contributed by atoms with Crippen LogP contribution in [0.3, 0.4) is 0 Å². The fraction of sp³-hybridized carbons (Fsp3) is 0.261. The fourth-order valence-corrected chi connectivity index (χ4v) is 3.57. The van der Waals surface area contributed by atoms with Crippen LogP contribution in [0.4, 0.5) is 0 Å². The number of para-hydroxylation sites is 1. The summed E-state index contributed by atoms with van der Waals surface area (Å²) in [6.45, 7) is 6.38. The third-order valence-electron chi connectivity index (χ3n) is 5.14. The molecule has 2 amide bonds. The predicted molar refractivity (Wildman–Crippen MR) is 121 cm³/mol. The van der Waals surface area contributed by atoms with E-state index in [2.05, 4.69) is 25.8 Å². The third kappa shape index (κ3) is 4.36. The van der Waals surface area contributed by atoms with E-state index in [0.717, 1.165) is 28.2 Å². The summed E-state index contributed by atoms with van der Waals surface area (Å²) < 4.78 is 3.38. The molecule has 3 heterocycles. The molecule has 0 unspecified atom stereocenters. The summed E-state index contributed by atoms with van der Waals surface area (Å²) in [5, 5.41) is 15.1. The van der Waals surface area contributed by atoms with Gasteiger partial charge in [-0.05, 0) is 45.0 Å². The number of benzene rings is 1. The Hall–Kier alpha value is -4.01. The van der Waals surface area contributed by atoms with Crippen LogP contribution in [0, 0.1) is 20.8 Å². The summed E-state index contributed by atoms with van der Waals surface area (Å²) in [4.78, 5) is 29.7. The van der Waals surface area contributed by atoms with Crippen LogP contribution in [0.2, 0.25) is 0 Å². The highest BCUT2D eigenvalue weighted by atomic mass is 16.2. The van der Waals surface area contributed by atoms with Crippen molar-refractivity contribution in [3.63, 3.8) is 0 Å². The van der Waals surface area contributed by atoms with E-state index in [1.807, 2.05) is 57.2 Å². The van der Waals surface area contributed by atoms with Crippen LogP contribution >= 0.6 is 0 Å². The second kappa shape index (κ2) is 9.01. The van der Waals surface area contributed by atoms with Crippen molar-refractivity contribution in [3.8, 4) is 5.69 Å². The van der Waals surface area contributed by atoms with Gasteiger partial charge in [0.1, 0.15) is 6.54 Å². The van der Waals surface area contributed by atoms with Crippen molar-refractivity contribution in [3.05, 3.63) is 71.3 Å². The Balaban J connectivity index is 1.45. The zero-order valence-corrected chi connectivity index (χ0v) is 18.3. The summed E-state index contributed by atoms with van der Waals surface area (Å²) in [6.07, 6.45) is 1.65. The first-order chi connectivity index (χ1) is 15.4. The molecule has 0 atom stereocenters. The lowest BCUT2D eigenvalue weighted by Crippen LogP contribution is -2.36. The van der Waals surface area contributed by atoms with Crippen molar-refractivity contribution in [2.24, 2.45) is 0 Å². The van der Waals surface area contributed by atoms with Crippen molar-refractivity contribution >= 4 is 22.8 Å². The summed E-state index contributed by atoms with van der Waals surface area (Å²) in [7, 11) is 0. The van der Waals surface area contributed by atoms with Crippen LogP contribution < -0.4 is 10.6 Å². The van der Waals surface area contributed by atoms with E-state index in [4.69, 9.17) is 0 Å². The SMILES string of the molecule is Cc1cc(C(=O)NCCNC(=O)Cn2nccc2C)c2c(C)nn(-c3ccccc3)c2n1. The molecule has 0 aliphatic heterocycles. The monoisotopic (exact) mass is 431 g/mol. The number of fused-ring (bicyclic) bond motifs is 1.